The fourth-order valence-corrected chi connectivity index (χ4v) is 1.17. The number of carbonyl (C=O) groups excluding carboxylic acids is 1. The first kappa shape index (κ1) is 10.4. The van der Waals surface area contributed by atoms with E-state index in [1.54, 1.807) is 6.07 Å². The van der Waals surface area contributed by atoms with Gasteiger partial charge in [0.05, 0.1) is 11.4 Å². The van der Waals surface area contributed by atoms with Crippen LogP contribution in [0.15, 0.2) is 18.2 Å². The molecule has 14 heavy (non-hydrogen) atoms. The van der Waals surface area contributed by atoms with Crippen LogP contribution in [0.2, 0.25) is 0 Å². The van der Waals surface area contributed by atoms with Gasteiger partial charge in [-0.1, -0.05) is 19.9 Å². The minimum Gasteiger partial charge on any atom is -0.397 e. The molecular formula is C10H15N3O. The predicted molar refractivity (Wildman–Crippen MR) is 58.1 cm³/mol. The molecule has 1 rings (SSSR count). The van der Waals surface area contributed by atoms with Crippen LogP contribution >= 0.6 is 0 Å². The lowest BCUT2D eigenvalue weighted by Gasteiger charge is -2.10. The average molecular weight is 193 g/mol. The quantitative estimate of drug-likeness (QED) is 0.627. The van der Waals surface area contributed by atoms with E-state index in [-0.39, 0.29) is 0 Å². The third-order valence-corrected chi connectivity index (χ3v) is 2.00. The van der Waals surface area contributed by atoms with Gasteiger partial charge in [0, 0.05) is 0 Å². The van der Waals surface area contributed by atoms with E-state index in [9.17, 15) is 4.79 Å². The van der Waals surface area contributed by atoms with Crippen LogP contribution in [0, 0.1) is 0 Å². The molecule has 0 unspecified atom stereocenters. The average Bonchev–Trinajstić information content (AvgIpc) is 2.07. The van der Waals surface area contributed by atoms with Crippen LogP contribution in [-0.4, -0.2) is 6.03 Å². The molecule has 0 atom stereocenters. The van der Waals surface area contributed by atoms with E-state index in [1.807, 2.05) is 12.1 Å². The van der Waals surface area contributed by atoms with E-state index >= 15 is 0 Å². The molecule has 0 spiro atoms. The van der Waals surface area contributed by atoms with Crippen molar-refractivity contribution in [2.75, 3.05) is 11.1 Å². The molecule has 0 aliphatic rings. The van der Waals surface area contributed by atoms with Gasteiger partial charge in [-0.15, -0.1) is 0 Å². The molecule has 5 N–H and O–H groups in total. The Balaban J connectivity index is 3.02. The Bertz CT molecular complexity index is 347. The molecule has 0 saturated heterocycles. The van der Waals surface area contributed by atoms with Crippen molar-refractivity contribution in [3.63, 3.8) is 0 Å². The van der Waals surface area contributed by atoms with Gasteiger partial charge in [-0.3, -0.25) is 0 Å². The number of rotatable bonds is 2. The fraction of sp³-hybridized carbons (Fsp3) is 0.300. The first-order valence-electron chi connectivity index (χ1n) is 4.46. The zero-order valence-corrected chi connectivity index (χ0v) is 8.37. The fourth-order valence-electron chi connectivity index (χ4n) is 1.17. The molecule has 0 radical (unpaired) electrons. The summed E-state index contributed by atoms with van der Waals surface area (Å²) in [6.07, 6.45) is 0. The van der Waals surface area contributed by atoms with E-state index in [0.717, 1.165) is 5.56 Å². The van der Waals surface area contributed by atoms with Crippen molar-refractivity contribution in [1.82, 2.24) is 0 Å². The predicted octanol–water partition coefficient (Wildman–Crippen LogP) is 1.88. The first-order chi connectivity index (χ1) is 6.50. The maximum Gasteiger partial charge on any atom is 0.316 e. The van der Waals surface area contributed by atoms with Crippen LogP contribution in [0.4, 0.5) is 16.2 Å². The van der Waals surface area contributed by atoms with E-state index < -0.39 is 6.03 Å². The topological polar surface area (TPSA) is 81.1 Å². The smallest absolute Gasteiger partial charge is 0.316 e. The van der Waals surface area contributed by atoms with E-state index in [0.29, 0.717) is 17.3 Å². The van der Waals surface area contributed by atoms with Crippen LogP contribution in [0.5, 0.6) is 0 Å². The Morgan fingerprint density at radius 2 is 2.07 bits per heavy atom. The summed E-state index contributed by atoms with van der Waals surface area (Å²) >= 11 is 0. The zero-order valence-electron chi connectivity index (χ0n) is 8.37. The van der Waals surface area contributed by atoms with Gasteiger partial charge in [0.25, 0.3) is 0 Å². The minimum atomic E-state index is -0.599. The second kappa shape index (κ2) is 4.00. The summed E-state index contributed by atoms with van der Waals surface area (Å²) in [5.41, 5.74) is 12.9. The van der Waals surface area contributed by atoms with Crippen molar-refractivity contribution >= 4 is 17.4 Å². The van der Waals surface area contributed by atoms with Gasteiger partial charge >= 0.3 is 6.03 Å². The van der Waals surface area contributed by atoms with Gasteiger partial charge in [-0.2, -0.15) is 0 Å². The largest absolute Gasteiger partial charge is 0.397 e. The molecule has 0 fully saturated rings. The Morgan fingerprint density at radius 3 is 2.57 bits per heavy atom. The van der Waals surface area contributed by atoms with Gasteiger partial charge in [0.15, 0.2) is 0 Å². The highest BCUT2D eigenvalue weighted by molar-refractivity contribution is 5.91. The molecule has 4 heteroatoms. The number of anilines is 2. The summed E-state index contributed by atoms with van der Waals surface area (Å²) in [6.45, 7) is 4.14. The SMILES string of the molecule is CC(C)c1ccc(N)c(NC(N)=O)c1. The summed E-state index contributed by atoms with van der Waals surface area (Å²) in [4.78, 5) is 10.7. The minimum absolute atomic E-state index is 0.393. The summed E-state index contributed by atoms with van der Waals surface area (Å²) in [5, 5.41) is 2.48. The number of carbonyl (C=O) groups is 1. The molecule has 0 heterocycles. The van der Waals surface area contributed by atoms with E-state index in [4.69, 9.17) is 11.5 Å². The normalized spacial score (nSPS) is 10.2. The number of nitrogens with one attached hydrogen (secondary N) is 1. The second-order valence-electron chi connectivity index (χ2n) is 3.49. The van der Waals surface area contributed by atoms with Crippen molar-refractivity contribution in [2.24, 2.45) is 5.73 Å². The molecule has 1 aromatic rings. The van der Waals surface area contributed by atoms with Gasteiger partial charge in [-0.25, -0.2) is 4.79 Å². The summed E-state index contributed by atoms with van der Waals surface area (Å²) in [5.74, 6) is 0.393. The first-order valence-corrected chi connectivity index (χ1v) is 4.46. The van der Waals surface area contributed by atoms with Crippen molar-refractivity contribution < 1.29 is 4.79 Å². The highest BCUT2D eigenvalue weighted by Crippen LogP contribution is 2.24. The van der Waals surface area contributed by atoms with Crippen LogP contribution in [-0.2, 0) is 0 Å². The van der Waals surface area contributed by atoms with Crippen molar-refractivity contribution in [2.45, 2.75) is 19.8 Å². The second-order valence-corrected chi connectivity index (χ2v) is 3.49. The van der Waals surface area contributed by atoms with Crippen LogP contribution < -0.4 is 16.8 Å². The summed E-state index contributed by atoms with van der Waals surface area (Å²) < 4.78 is 0. The zero-order chi connectivity index (χ0) is 10.7. The Hall–Kier alpha value is -1.71. The number of nitrogen functional groups attached to an aromatic ring is 1. The van der Waals surface area contributed by atoms with Gasteiger partial charge in [-0.05, 0) is 23.6 Å². The maximum atomic E-state index is 10.7. The number of benzene rings is 1. The van der Waals surface area contributed by atoms with E-state index in [1.165, 1.54) is 0 Å². The van der Waals surface area contributed by atoms with Crippen molar-refractivity contribution in [1.29, 1.82) is 0 Å². The Kier molecular flexibility index (Phi) is 2.96. The Labute approximate surface area is 83.3 Å². The standard InChI is InChI=1S/C10H15N3O/c1-6(2)7-3-4-8(11)9(5-7)13-10(12)14/h3-6H,11H2,1-2H3,(H3,12,13,14). The number of nitrogens with two attached hydrogens (primary N) is 2. The third kappa shape index (κ3) is 2.39. The lowest BCUT2D eigenvalue weighted by Crippen LogP contribution is -2.20. The third-order valence-electron chi connectivity index (χ3n) is 2.00. The van der Waals surface area contributed by atoms with Gasteiger partial charge in [0.1, 0.15) is 0 Å². The number of urea groups is 1. The lowest BCUT2D eigenvalue weighted by atomic mass is 10.0. The molecule has 0 saturated carbocycles. The molecule has 0 bridgehead atoms. The molecule has 1 aromatic carbocycles. The monoisotopic (exact) mass is 193 g/mol. The molecule has 0 aromatic heterocycles. The number of amides is 2. The highest BCUT2D eigenvalue weighted by Gasteiger charge is 2.05. The number of hydrogen-bond acceptors (Lipinski definition) is 2. The molecule has 4 nitrogen and oxygen atoms in total. The van der Waals surface area contributed by atoms with Crippen molar-refractivity contribution in [3.8, 4) is 0 Å². The Morgan fingerprint density at radius 1 is 1.43 bits per heavy atom. The summed E-state index contributed by atoms with van der Waals surface area (Å²) in [7, 11) is 0. The molecule has 0 aliphatic heterocycles. The summed E-state index contributed by atoms with van der Waals surface area (Å²) in [6, 6.07) is 4.94. The molecule has 76 valence electrons. The van der Waals surface area contributed by atoms with Crippen LogP contribution in [0.25, 0.3) is 0 Å². The van der Waals surface area contributed by atoms with E-state index in [2.05, 4.69) is 19.2 Å². The van der Waals surface area contributed by atoms with Crippen molar-refractivity contribution in [3.05, 3.63) is 23.8 Å². The molecule has 0 aliphatic carbocycles. The maximum absolute atomic E-state index is 10.7. The van der Waals surface area contributed by atoms with Crippen LogP contribution in [0.3, 0.4) is 0 Å². The van der Waals surface area contributed by atoms with Gasteiger partial charge in [0.2, 0.25) is 0 Å². The molecule has 2 amide bonds. The number of primary amides is 1. The molecular weight excluding hydrogens is 178 g/mol. The number of hydrogen-bond donors (Lipinski definition) is 3. The highest BCUT2D eigenvalue weighted by atomic mass is 16.2. The van der Waals surface area contributed by atoms with Gasteiger partial charge < -0.3 is 16.8 Å². The van der Waals surface area contributed by atoms with Crippen LogP contribution in [0.1, 0.15) is 25.3 Å². The lowest BCUT2D eigenvalue weighted by molar-refractivity contribution is 0.259.